The van der Waals surface area contributed by atoms with E-state index in [9.17, 15) is 4.79 Å². The lowest BCUT2D eigenvalue weighted by molar-refractivity contribution is 0.0529. The minimum Gasteiger partial charge on any atom is -0.443 e. The predicted octanol–water partition coefficient (Wildman–Crippen LogP) is 3.59. The van der Waals surface area contributed by atoms with Gasteiger partial charge in [-0.05, 0) is 33.8 Å². The van der Waals surface area contributed by atoms with E-state index in [2.05, 4.69) is 10.5 Å². The summed E-state index contributed by atoms with van der Waals surface area (Å²) in [5, 5.41) is 4.53. The number of hydrogen-bond acceptors (Lipinski definition) is 3. The first-order valence-electron chi connectivity index (χ1n) is 5.58. The number of amides is 1. The van der Waals surface area contributed by atoms with Crippen molar-refractivity contribution in [2.24, 2.45) is 5.10 Å². The standard InChI is InChI=1S/C13H17ClN2O2/c1-9(10-7-5-6-8-11(10)14)15-16-12(17)18-13(2,3)4/h5-8H,1-4H3,(H,16,17)/b15-9+. The van der Waals surface area contributed by atoms with Crippen molar-refractivity contribution in [2.45, 2.75) is 33.3 Å². The Kier molecular flexibility index (Phi) is 4.73. The van der Waals surface area contributed by atoms with Crippen LogP contribution in [0, 0.1) is 0 Å². The number of nitrogens with one attached hydrogen (secondary N) is 1. The van der Waals surface area contributed by atoms with Gasteiger partial charge in [0, 0.05) is 10.6 Å². The molecule has 1 amide bonds. The van der Waals surface area contributed by atoms with E-state index >= 15 is 0 Å². The van der Waals surface area contributed by atoms with Crippen LogP contribution in [-0.4, -0.2) is 17.4 Å². The van der Waals surface area contributed by atoms with Crippen LogP contribution < -0.4 is 5.43 Å². The molecule has 0 saturated carbocycles. The van der Waals surface area contributed by atoms with Crippen LogP contribution in [0.15, 0.2) is 29.4 Å². The third-order valence-corrected chi connectivity index (χ3v) is 2.31. The van der Waals surface area contributed by atoms with Gasteiger partial charge in [-0.1, -0.05) is 29.8 Å². The quantitative estimate of drug-likeness (QED) is 0.658. The molecule has 98 valence electrons. The van der Waals surface area contributed by atoms with Gasteiger partial charge < -0.3 is 4.74 Å². The molecule has 0 aromatic heterocycles. The lowest BCUT2D eigenvalue weighted by Crippen LogP contribution is -2.30. The first-order chi connectivity index (χ1) is 8.29. The first kappa shape index (κ1) is 14.5. The average Bonchev–Trinajstić information content (AvgIpc) is 2.24. The van der Waals surface area contributed by atoms with Crippen LogP contribution in [0.1, 0.15) is 33.3 Å². The van der Waals surface area contributed by atoms with Gasteiger partial charge in [0.15, 0.2) is 0 Å². The monoisotopic (exact) mass is 268 g/mol. The summed E-state index contributed by atoms with van der Waals surface area (Å²) in [6.07, 6.45) is -0.589. The van der Waals surface area contributed by atoms with Gasteiger partial charge in [-0.3, -0.25) is 0 Å². The minimum atomic E-state index is -0.589. The zero-order valence-electron chi connectivity index (χ0n) is 11.0. The van der Waals surface area contributed by atoms with Crippen LogP contribution in [0.5, 0.6) is 0 Å². The molecule has 0 aliphatic rings. The fraction of sp³-hybridized carbons (Fsp3) is 0.385. The molecule has 1 aromatic carbocycles. The molecule has 5 heteroatoms. The summed E-state index contributed by atoms with van der Waals surface area (Å²) >= 11 is 6.02. The zero-order chi connectivity index (χ0) is 13.8. The molecule has 0 fully saturated rings. The lowest BCUT2D eigenvalue weighted by atomic mass is 10.1. The Balaban J connectivity index is 2.69. The van der Waals surface area contributed by atoms with Crippen molar-refractivity contribution in [1.29, 1.82) is 0 Å². The molecule has 0 aliphatic heterocycles. The van der Waals surface area contributed by atoms with E-state index in [0.717, 1.165) is 5.56 Å². The lowest BCUT2D eigenvalue weighted by Gasteiger charge is -2.18. The normalized spacial score (nSPS) is 12.2. The summed E-state index contributed by atoms with van der Waals surface area (Å²) in [6, 6.07) is 7.29. The van der Waals surface area contributed by atoms with Crippen LogP contribution in [0.25, 0.3) is 0 Å². The van der Waals surface area contributed by atoms with Gasteiger partial charge in [-0.2, -0.15) is 5.10 Å². The van der Waals surface area contributed by atoms with E-state index in [4.69, 9.17) is 16.3 Å². The Bertz CT molecular complexity index is 464. The van der Waals surface area contributed by atoms with Crippen LogP contribution in [-0.2, 0) is 4.74 Å². The molecule has 0 unspecified atom stereocenters. The van der Waals surface area contributed by atoms with Gasteiger partial charge in [0.1, 0.15) is 5.60 Å². The molecule has 0 saturated heterocycles. The molecule has 18 heavy (non-hydrogen) atoms. The van der Waals surface area contributed by atoms with Crippen molar-refractivity contribution in [1.82, 2.24) is 5.43 Å². The summed E-state index contributed by atoms with van der Waals surface area (Å²) in [5.41, 5.74) is 3.18. The summed E-state index contributed by atoms with van der Waals surface area (Å²) in [4.78, 5) is 11.4. The van der Waals surface area contributed by atoms with E-state index in [1.54, 1.807) is 33.8 Å². The molecule has 0 atom stereocenters. The van der Waals surface area contributed by atoms with Crippen LogP contribution in [0.3, 0.4) is 0 Å². The maximum Gasteiger partial charge on any atom is 0.428 e. The molecule has 0 radical (unpaired) electrons. The first-order valence-corrected chi connectivity index (χ1v) is 5.95. The van der Waals surface area contributed by atoms with Gasteiger partial charge in [0.25, 0.3) is 0 Å². The summed E-state index contributed by atoms with van der Waals surface area (Å²) in [7, 11) is 0. The van der Waals surface area contributed by atoms with Gasteiger partial charge in [-0.15, -0.1) is 0 Å². The molecular weight excluding hydrogens is 252 g/mol. The van der Waals surface area contributed by atoms with Gasteiger partial charge in [-0.25, -0.2) is 10.2 Å². The molecule has 0 spiro atoms. The predicted molar refractivity (Wildman–Crippen MR) is 73.0 cm³/mol. The maximum absolute atomic E-state index is 11.4. The molecule has 0 heterocycles. The van der Waals surface area contributed by atoms with E-state index in [1.807, 2.05) is 18.2 Å². The van der Waals surface area contributed by atoms with E-state index < -0.39 is 11.7 Å². The number of halogens is 1. The number of rotatable bonds is 2. The third-order valence-electron chi connectivity index (χ3n) is 1.98. The Morgan fingerprint density at radius 3 is 2.50 bits per heavy atom. The van der Waals surface area contributed by atoms with Crippen molar-refractivity contribution in [3.8, 4) is 0 Å². The summed E-state index contributed by atoms with van der Waals surface area (Å²) in [6.45, 7) is 7.13. The zero-order valence-corrected chi connectivity index (χ0v) is 11.7. The van der Waals surface area contributed by atoms with Crippen molar-refractivity contribution in [2.75, 3.05) is 0 Å². The molecule has 1 rings (SSSR count). The number of nitrogens with zero attached hydrogens (tertiary/aromatic N) is 1. The second-order valence-corrected chi connectivity index (χ2v) is 5.20. The topological polar surface area (TPSA) is 50.7 Å². The Labute approximate surface area is 112 Å². The number of carbonyl (C=O) groups excluding carboxylic acids is 1. The van der Waals surface area contributed by atoms with Crippen molar-refractivity contribution < 1.29 is 9.53 Å². The smallest absolute Gasteiger partial charge is 0.428 e. The number of hydrogen-bond donors (Lipinski definition) is 1. The SMILES string of the molecule is C/C(=N\NC(=O)OC(C)(C)C)c1ccccc1Cl. The van der Waals surface area contributed by atoms with Crippen molar-refractivity contribution in [3.63, 3.8) is 0 Å². The van der Waals surface area contributed by atoms with Gasteiger partial charge in [0.05, 0.1) is 5.71 Å². The van der Waals surface area contributed by atoms with Crippen molar-refractivity contribution >= 4 is 23.4 Å². The molecule has 1 N–H and O–H groups in total. The molecular formula is C13H17ClN2O2. The number of ether oxygens (including phenoxy) is 1. The Morgan fingerprint density at radius 2 is 1.94 bits per heavy atom. The van der Waals surface area contributed by atoms with Gasteiger partial charge >= 0.3 is 6.09 Å². The maximum atomic E-state index is 11.4. The summed E-state index contributed by atoms with van der Waals surface area (Å²) in [5.74, 6) is 0. The van der Waals surface area contributed by atoms with E-state index in [-0.39, 0.29) is 0 Å². The fourth-order valence-electron chi connectivity index (χ4n) is 1.25. The highest BCUT2D eigenvalue weighted by Gasteiger charge is 2.15. The van der Waals surface area contributed by atoms with E-state index in [0.29, 0.717) is 10.7 Å². The van der Waals surface area contributed by atoms with Crippen LogP contribution in [0.2, 0.25) is 5.02 Å². The average molecular weight is 269 g/mol. The Morgan fingerprint density at radius 1 is 1.33 bits per heavy atom. The molecule has 4 nitrogen and oxygen atoms in total. The highest BCUT2D eigenvalue weighted by atomic mass is 35.5. The molecule has 1 aromatic rings. The summed E-state index contributed by atoms with van der Waals surface area (Å²) < 4.78 is 5.06. The number of hydrazone groups is 1. The third kappa shape index (κ3) is 4.75. The minimum absolute atomic E-state index is 0.544. The van der Waals surface area contributed by atoms with E-state index in [1.165, 1.54) is 0 Å². The van der Waals surface area contributed by atoms with Crippen LogP contribution >= 0.6 is 11.6 Å². The Hall–Kier alpha value is -1.55. The fourth-order valence-corrected chi connectivity index (χ4v) is 1.52. The number of carbonyl (C=O) groups is 1. The second kappa shape index (κ2) is 5.87. The largest absolute Gasteiger partial charge is 0.443 e. The highest BCUT2D eigenvalue weighted by Crippen LogP contribution is 2.15. The number of benzene rings is 1. The van der Waals surface area contributed by atoms with Crippen LogP contribution in [0.4, 0.5) is 4.79 Å². The van der Waals surface area contributed by atoms with Crippen molar-refractivity contribution in [3.05, 3.63) is 34.9 Å². The highest BCUT2D eigenvalue weighted by molar-refractivity contribution is 6.34. The van der Waals surface area contributed by atoms with Gasteiger partial charge in [0.2, 0.25) is 0 Å². The molecule has 0 bridgehead atoms. The second-order valence-electron chi connectivity index (χ2n) is 4.79. The molecule has 0 aliphatic carbocycles.